The number of rotatable bonds is 1. The Labute approximate surface area is 108 Å². The van der Waals surface area contributed by atoms with E-state index >= 15 is 0 Å². The highest BCUT2D eigenvalue weighted by Gasteiger charge is 2.39. The Bertz CT molecular complexity index is 392. The molecule has 1 unspecified atom stereocenters. The molecule has 2 aliphatic rings. The summed E-state index contributed by atoms with van der Waals surface area (Å²) >= 11 is 0. The molecule has 3 rings (SSSR count). The second-order valence-electron chi connectivity index (χ2n) is 5.68. The van der Waals surface area contributed by atoms with E-state index in [2.05, 4.69) is 4.98 Å². The summed E-state index contributed by atoms with van der Waals surface area (Å²) in [6.45, 7) is 0.823. The van der Waals surface area contributed by atoms with Gasteiger partial charge in [-0.15, -0.1) is 0 Å². The molecule has 0 amide bonds. The van der Waals surface area contributed by atoms with E-state index < -0.39 is 0 Å². The molecule has 1 atom stereocenters. The Morgan fingerprint density at radius 1 is 1.22 bits per heavy atom. The molecule has 1 aromatic rings. The topological polar surface area (TPSA) is 22.1 Å². The van der Waals surface area contributed by atoms with Crippen molar-refractivity contribution in [3.05, 3.63) is 29.8 Å². The maximum Gasteiger partial charge on any atom is 0.141 e. The van der Waals surface area contributed by atoms with E-state index in [1.165, 1.54) is 44.4 Å². The van der Waals surface area contributed by atoms with Gasteiger partial charge in [-0.05, 0) is 37.8 Å². The first-order valence-corrected chi connectivity index (χ1v) is 7.03. The minimum Gasteiger partial charge on any atom is -0.375 e. The van der Waals surface area contributed by atoms with Gasteiger partial charge in [0.25, 0.3) is 0 Å². The fourth-order valence-electron chi connectivity index (χ4n) is 3.45. The van der Waals surface area contributed by atoms with Gasteiger partial charge in [0, 0.05) is 18.2 Å². The van der Waals surface area contributed by atoms with Crippen LogP contribution in [-0.4, -0.2) is 17.2 Å². The molecule has 0 aromatic carbocycles. The van der Waals surface area contributed by atoms with E-state index in [0.29, 0.717) is 5.92 Å². The van der Waals surface area contributed by atoms with Crippen LogP contribution in [0.15, 0.2) is 18.3 Å². The molecule has 1 saturated carbocycles. The van der Waals surface area contributed by atoms with Gasteiger partial charge in [0.1, 0.15) is 5.82 Å². The highest BCUT2D eigenvalue weighted by atomic mass is 19.1. The molecule has 0 radical (unpaired) electrons. The van der Waals surface area contributed by atoms with Gasteiger partial charge in [0.2, 0.25) is 0 Å². The van der Waals surface area contributed by atoms with Crippen molar-refractivity contribution in [3.8, 4) is 0 Å². The van der Waals surface area contributed by atoms with E-state index in [1.54, 1.807) is 0 Å². The first-order valence-electron chi connectivity index (χ1n) is 7.03. The van der Waals surface area contributed by atoms with Crippen LogP contribution in [-0.2, 0) is 4.74 Å². The number of ether oxygens (including phenoxy) is 1. The van der Waals surface area contributed by atoms with E-state index in [4.69, 9.17) is 4.74 Å². The smallest absolute Gasteiger partial charge is 0.141 e. The molecule has 3 heteroatoms. The summed E-state index contributed by atoms with van der Waals surface area (Å²) in [6, 6.07) is 3.35. The number of nitrogens with zero attached hydrogens (tertiary/aromatic N) is 1. The average molecular weight is 249 g/mol. The summed E-state index contributed by atoms with van der Waals surface area (Å²) < 4.78 is 19.0. The third-order valence-electron chi connectivity index (χ3n) is 4.43. The minimum atomic E-state index is -0.252. The maximum atomic E-state index is 12.9. The van der Waals surface area contributed by atoms with Crippen molar-refractivity contribution in [1.82, 2.24) is 4.98 Å². The molecule has 0 N–H and O–H groups in total. The minimum absolute atomic E-state index is 0.0945. The standard InChI is InChI=1S/C15H20FNO/c16-13-4-5-14(17-11-13)12-6-9-18-15(10-12)7-2-1-3-8-15/h4-5,11-12H,1-3,6-10H2. The van der Waals surface area contributed by atoms with Gasteiger partial charge >= 0.3 is 0 Å². The van der Waals surface area contributed by atoms with Gasteiger partial charge in [-0.25, -0.2) is 4.39 Å². The van der Waals surface area contributed by atoms with Crippen molar-refractivity contribution in [2.24, 2.45) is 0 Å². The lowest BCUT2D eigenvalue weighted by Crippen LogP contribution is -2.40. The Balaban J connectivity index is 1.75. The molecule has 1 aromatic heterocycles. The Hall–Kier alpha value is -0.960. The third-order valence-corrected chi connectivity index (χ3v) is 4.43. The van der Waals surface area contributed by atoms with Gasteiger partial charge in [-0.3, -0.25) is 4.98 Å². The third kappa shape index (κ3) is 2.41. The Morgan fingerprint density at radius 3 is 2.78 bits per heavy atom. The van der Waals surface area contributed by atoms with Crippen molar-refractivity contribution in [1.29, 1.82) is 0 Å². The van der Waals surface area contributed by atoms with Crippen LogP contribution >= 0.6 is 0 Å². The van der Waals surface area contributed by atoms with Crippen molar-refractivity contribution in [2.45, 2.75) is 56.5 Å². The van der Waals surface area contributed by atoms with Crippen molar-refractivity contribution < 1.29 is 9.13 Å². The van der Waals surface area contributed by atoms with Crippen molar-refractivity contribution >= 4 is 0 Å². The van der Waals surface area contributed by atoms with Crippen molar-refractivity contribution in [3.63, 3.8) is 0 Å². The normalized spacial score (nSPS) is 27.3. The summed E-state index contributed by atoms with van der Waals surface area (Å²) in [5.74, 6) is 0.190. The molecule has 2 fully saturated rings. The average Bonchev–Trinajstić information content (AvgIpc) is 2.40. The Morgan fingerprint density at radius 2 is 2.06 bits per heavy atom. The van der Waals surface area contributed by atoms with Crippen LogP contribution in [0, 0.1) is 5.82 Å². The largest absolute Gasteiger partial charge is 0.375 e. The number of hydrogen-bond acceptors (Lipinski definition) is 2. The zero-order chi connectivity index (χ0) is 12.4. The van der Waals surface area contributed by atoms with Crippen molar-refractivity contribution in [2.75, 3.05) is 6.61 Å². The van der Waals surface area contributed by atoms with E-state index in [1.807, 2.05) is 6.07 Å². The molecule has 2 heterocycles. The van der Waals surface area contributed by atoms with E-state index in [-0.39, 0.29) is 11.4 Å². The summed E-state index contributed by atoms with van der Waals surface area (Å²) in [5, 5.41) is 0. The number of aromatic nitrogens is 1. The zero-order valence-electron chi connectivity index (χ0n) is 10.7. The lowest BCUT2D eigenvalue weighted by Gasteiger charge is -2.43. The van der Waals surface area contributed by atoms with Crippen LogP contribution < -0.4 is 0 Å². The zero-order valence-corrected chi connectivity index (χ0v) is 10.7. The fraction of sp³-hybridized carbons (Fsp3) is 0.667. The molecule has 1 aliphatic heterocycles. The van der Waals surface area contributed by atoms with Crippen LogP contribution in [0.25, 0.3) is 0 Å². The second-order valence-corrected chi connectivity index (χ2v) is 5.68. The van der Waals surface area contributed by atoms with E-state index in [0.717, 1.165) is 25.1 Å². The lowest BCUT2D eigenvalue weighted by molar-refractivity contribution is -0.106. The van der Waals surface area contributed by atoms with Crippen LogP contribution in [0.1, 0.15) is 56.6 Å². The summed E-state index contributed by atoms with van der Waals surface area (Å²) in [6.07, 6.45) is 9.68. The highest BCUT2D eigenvalue weighted by molar-refractivity contribution is 5.13. The van der Waals surface area contributed by atoms with Gasteiger partial charge in [-0.2, -0.15) is 0 Å². The number of hydrogen-bond donors (Lipinski definition) is 0. The Kier molecular flexibility index (Phi) is 3.33. The maximum absolute atomic E-state index is 12.9. The lowest BCUT2D eigenvalue weighted by atomic mass is 9.75. The van der Waals surface area contributed by atoms with Gasteiger partial charge in [0.05, 0.1) is 11.8 Å². The van der Waals surface area contributed by atoms with Crippen LogP contribution in [0.4, 0.5) is 4.39 Å². The van der Waals surface area contributed by atoms with Gasteiger partial charge < -0.3 is 4.74 Å². The quantitative estimate of drug-likeness (QED) is 0.755. The highest BCUT2D eigenvalue weighted by Crippen LogP contribution is 2.43. The van der Waals surface area contributed by atoms with Crippen LogP contribution in [0.2, 0.25) is 0 Å². The number of halogens is 1. The summed E-state index contributed by atoms with van der Waals surface area (Å²) in [4.78, 5) is 4.25. The SMILES string of the molecule is Fc1ccc(C2CCOC3(CCCCC3)C2)nc1. The monoisotopic (exact) mass is 249 g/mol. The fourth-order valence-corrected chi connectivity index (χ4v) is 3.45. The van der Waals surface area contributed by atoms with Gasteiger partial charge in [-0.1, -0.05) is 19.3 Å². The first-order chi connectivity index (χ1) is 8.77. The van der Waals surface area contributed by atoms with Crippen LogP contribution in [0.3, 0.4) is 0 Å². The van der Waals surface area contributed by atoms with Crippen LogP contribution in [0.5, 0.6) is 0 Å². The summed E-state index contributed by atoms with van der Waals surface area (Å²) in [5.41, 5.74) is 1.13. The molecular weight excluding hydrogens is 229 g/mol. The molecule has 1 spiro atoms. The molecule has 1 saturated heterocycles. The predicted molar refractivity (Wildman–Crippen MR) is 67.9 cm³/mol. The van der Waals surface area contributed by atoms with E-state index in [9.17, 15) is 4.39 Å². The molecule has 98 valence electrons. The summed E-state index contributed by atoms with van der Waals surface area (Å²) in [7, 11) is 0. The molecule has 2 nitrogen and oxygen atoms in total. The first kappa shape index (κ1) is 12.1. The molecular formula is C15H20FNO. The second kappa shape index (κ2) is 4.96. The number of pyridine rings is 1. The molecule has 18 heavy (non-hydrogen) atoms. The predicted octanol–water partition coefficient (Wildman–Crippen LogP) is 3.82. The molecule has 1 aliphatic carbocycles. The van der Waals surface area contributed by atoms with Gasteiger partial charge in [0.15, 0.2) is 0 Å². The molecule has 0 bridgehead atoms.